The molecule has 1 aliphatic carbocycles. The van der Waals surface area contributed by atoms with Crippen molar-refractivity contribution < 1.29 is 22.7 Å². The van der Waals surface area contributed by atoms with Crippen molar-refractivity contribution in [2.45, 2.75) is 51.2 Å². The van der Waals surface area contributed by atoms with Crippen molar-refractivity contribution in [2.24, 2.45) is 5.92 Å². The van der Waals surface area contributed by atoms with Crippen LogP contribution in [0.4, 0.5) is 8.78 Å². The third-order valence-corrected chi connectivity index (χ3v) is 4.23. The number of nitrogens with zero attached hydrogens (tertiary/aromatic N) is 3. The highest BCUT2D eigenvalue weighted by molar-refractivity contribution is 5.80. The van der Waals surface area contributed by atoms with Crippen molar-refractivity contribution in [2.75, 3.05) is 13.1 Å². The maximum Gasteiger partial charge on any atom is 0.259 e. The zero-order valence-electron chi connectivity index (χ0n) is 12.4. The molecule has 1 aromatic rings. The highest BCUT2D eigenvalue weighted by Crippen LogP contribution is 2.40. The molecule has 1 saturated heterocycles. The predicted molar refractivity (Wildman–Crippen MR) is 71.1 cm³/mol. The first-order valence-electron chi connectivity index (χ1n) is 7.53. The average Bonchev–Trinajstić information content (AvgIpc) is 2.82. The Kier molecular flexibility index (Phi) is 4.12. The Morgan fingerprint density at radius 3 is 2.82 bits per heavy atom. The van der Waals surface area contributed by atoms with Crippen LogP contribution in [0.25, 0.3) is 0 Å². The number of hydrogen-bond acceptors (Lipinski definition) is 5. The lowest BCUT2D eigenvalue weighted by Gasteiger charge is -2.42. The van der Waals surface area contributed by atoms with E-state index in [0.29, 0.717) is 37.7 Å². The lowest BCUT2D eigenvalue weighted by Crippen LogP contribution is -2.58. The van der Waals surface area contributed by atoms with E-state index in [4.69, 9.17) is 9.15 Å². The van der Waals surface area contributed by atoms with Crippen LogP contribution in [0.15, 0.2) is 4.42 Å². The number of hydrogen-bond donors (Lipinski definition) is 0. The van der Waals surface area contributed by atoms with Crippen molar-refractivity contribution in [1.82, 2.24) is 15.1 Å². The fourth-order valence-electron chi connectivity index (χ4n) is 2.93. The quantitative estimate of drug-likeness (QED) is 0.849. The number of carbonyl (C=O) groups is 1. The second-order valence-electron chi connectivity index (χ2n) is 5.95. The molecule has 1 aliphatic heterocycles. The Morgan fingerprint density at radius 1 is 1.41 bits per heavy atom. The van der Waals surface area contributed by atoms with Crippen LogP contribution in [0.2, 0.25) is 0 Å². The van der Waals surface area contributed by atoms with Gasteiger partial charge in [0.15, 0.2) is 0 Å². The molecule has 1 atom stereocenters. The van der Waals surface area contributed by atoms with E-state index in [9.17, 15) is 13.6 Å². The normalized spacial score (nSPS) is 25.0. The van der Waals surface area contributed by atoms with Crippen molar-refractivity contribution in [1.29, 1.82) is 0 Å². The van der Waals surface area contributed by atoms with E-state index in [-0.39, 0.29) is 25.6 Å². The lowest BCUT2D eigenvalue weighted by molar-refractivity contribution is -0.168. The van der Waals surface area contributed by atoms with Gasteiger partial charge in [0.2, 0.25) is 17.7 Å². The number of ether oxygens (including phenoxy) is 1. The van der Waals surface area contributed by atoms with E-state index in [1.165, 1.54) is 4.90 Å². The Morgan fingerprint density at radius 2 is 2.18 bits per heavy atom. The van der Waals surface area contributed by atoms with Crippen molar-refractivity contribution in [3.8, 4) is 0 Å². The standard InChI is InChI=1S/C14H19F2N3O3/c1-9-17-18-12(22-9)8-21-10-6-19(7-10)13(20)11-4-2-3-5-14(11,15)16/h10-11H,2-8H2,1H3. The molecule has 0 aromatic carbocycles. The van der Waals surface area contributed by atoms with Gasteiger partial charge < -0.3 is 14.1 Å². The second kappa shape index (κ2) is 5.91. The van der Waals surface area contributed by atoms with Gasteiger partial charge in [-0.25, -0.2) is 8.78 Å². The van der Waals surface area contributed by atoms with Crippen LogP contribution in [0.5, 0.6) is 0 Å². The van der Waals surface area contributed by atoms with Gasteiger partial charge in [-0.2, -0.15) is 0 Å². The first-order chi connectivity index (χ1) is 10.5. The smallest absolute Gasteiger partial charge is 0.259 e. The minimum absolute atomic E-state index is 0.159. The molecular formula is C14H19F2N3O3. The Balaban J connectivity index is 1.45. The van der Waals surface area contributed by atoms with E-state index in [1.54, 1.807) is 6.92 Å². The maximum atomic E-state index is 13.8. The molecule has 22 heavy (non-hydrogen) atoms. The van der Waals surface area contributed by atoms with Gasteiger partial charge in [0.25, 0.3) is 5.92 Å². The maximum absolute atomic E-state index is 13.8. The minimum Gasteiger partial charge on any atom is -0.423 e. The SMILES string of the molecule is Cc1nnc(COC2CN(C(=O)C3CCCCC3(F)F)C2)o1. The zero-order valence-corrected chi connectivity index (χ0v) is 12.4. The molecule has 0 bridgehead atoms. The molecule has 0 radical (unpaired) electrons. The van der Waals surface area contributed by atoms with Crippen molar-refractivity contribution >= 4 is 5.91 Å². The molecule has 2 heterocycles. The monoisotopic (exact) mass is 315 g/mol. The molecule has 122 valence electrons. The summed E-state index contributed by atoms with van der Waals surface area (Å²) in [6.07, 6.45) is 1.11. The number of amides is 1. The van der Waals surface area contributed by atoms with Gasteiger partial charge in [0, 0.05) is 26.4 Å². The topological polar surface area (TPSA) is 68.5 Å². The third kappa shape index (κ3) is 3.11. The largest absolute Gasteiger partial charge is 0.423 e. The third-order valence-electron chi connectivity index (χ3n) is 4.23. The average molecular weight is 315 g/mol. The van der Waals surface area contributed by atoms with Crippen LogP contribution in [-0.4, -0.2) is 46.1 Å². The van der Waals surface area contributed by atoms with Gasteiger partial charge in [-0.1, -0.05) is 6.42 Å². The first-order valence-corrected chi connectivity index (χ1v) is 7.53. The van der Waals surface area contributed by atoms with Crippen LogP contribution in [-0.2, 0) is 16.1 Å². The molecule has 8 heteroatoms. The summed E-state index contributed by atoms with van der Waals surface area (Å²) in [5, 5.41) is 7.49. The number of aryl methyl sites for hydroxylation is 1. The Labute approximate surface area is 126 Å². The predicted octanol–water partition coefficient (Wildman–Crippen LogP) is 1.93. The number of halogens is 2. The van der Waals surface area contributed by atoms with E-state index < -0.39 is 17.7 Å². The first kappa shape index (κ1) is 15.3. The van der Waals surface area contributed by atoms with Crippen molar-refractivity contribution in [3.05, 3.63) is 11.8 Å². The molecule has 2 aliphatic rings. The van der Waals surface area contributed by atoms with E-state index in [0.717, 1.165) is 0 Å². The number of likely N-dealkylation sites (tertiary alicyclic amines) is 1. The van der Waals surface area contributed by atoms with Crippen molar-refractivity contribution in [3.63, 3.8) is 0 Å². The molecule has 0 N–H and O–H groups in total. The van der Waals surface area contributed by atoms with Gasteiger partial charge in [0.05, 0.1) is 6.10 Å². The van der Waals surface area contributed by atoms with Gasteiger partial charge >= 0.3 is 0 Å². The van der Waals surface area contributed by atoms with Crippen LogP contribution in [0.3, 0.4) is 0 Å². The lowest BCUT2D eigenvalue weighted by atomic mass is 9.84. The molecule has 1 unspecified atom stereocenters. The van der Waals surface area contributed by atoms with Gasteiger partial charge in [-0.15, -0.1) is 10.2 Å². The second-order valence-corrected chi connectivity index (χ2v) is 5.95. The number of rotatable bonds is 4. The van der Waals surface area contributed by atoms with Crippen LogP contribution in [0, 0.1) is 12.8 Å². The summed E-state index contributed by atoms with van der Waals surface area (Å²) in [6.45, 7) is 2.55. The summed E-state index contributed by atoms with van der Waals surface area (Å²) < 4.78 is 38.3. The summed E-state index contributed by atoms with van der Waals surface area (Å²) in [7, 11) is 0. The number of carbonyl (C=O) groups excluding carboxylic acids is 1. The van der Waals surface area contributed by atoms with Gasteiger partial charge in [-0.3, -0.25) is 4.79 Å². The van der Waals surface area contributed by atoms with E-state index >= 15 is 0 Å². The molecule has 6 nitrogen and oxygen atoms in total. The number of aromatic nitrogens is 2. The fraction of sp³-hybridized carbons (Fsp3) is 0.786. The summed E-state index contributed by atoms with van der Waals surface area (Å²) in [5.41, 5.74) is 0. The molecule has 3 rings (SSSR count). The fourth-order valence-corrected chi connectivity index (χ4v) is 2.93. The summed E-state index contributed by atoms with van der Waals surface area (Å²) >= 11 is 0. The molecule has 1 amide bonds. The van der Waals surface area contributed by atoms with Crippen LogP contribution in [0.1, 0.15) is 37.5 Å². The molecule has 1 saturated carbocycles. The zero-order chi connectivity index (χ0) is 15.7. The summed E-state index contributed by atoms with van der Waals surface area (Å²) in [5.74, 6) is -3.65. The van der Waals surface area contributed by atoms with Crippen LogP contribution < -0.4 is 0 Å². The van der Waals surface area contributed by atoms with E-state index in [1.807, 2.05) is 0 Å². The highest BCUT2D eigenvalue weighted by atomic mass is 19.3. The van der Waals surface area contributed by atoms with Crippen LogP contribution >= 0.6 is 0 Å². The molecule has 2 fully saturated rings. The minimum atomic E-state index is -2.87. The molecule has 0 spiro atoms. The Hall–Kier alpha value is -1.57. The molecule has 1 aromatic heterocycles. The highest BCUT2D eigenvalue weighted by Gasteiger charge is 2.49. The molecular weight excluding hydrogens is 296 g/mol. The number of alkyl halides is 2. The summed E-state index contributed by atoms with van der Waals surface area (Å²) in [4.78, 5) is 13.6. The van der Waals surface area contributed by atoms with E-state index in [2.05, 4.69) is 10.2 Å². The van der Waals surface area contributed by atoms with Gasteiger partial charge in [-0.05, 0) is 12.8 Å². The van der Waals surface area contributed by atoms with Gasteiger partial charge in [0.1, 0.15) is 12.5 Å². The summed E-state index contributed by atoms with van der Waals surface area (Å²) in [6, 6.07) is 0. The Bertz CT molecular complexity index is 543.